The van der Waals surface area contributed by atoms with Crippen molar-refractivity contribution in [3.05, 3.63) is 63.4 Å². The molecule has 0 aromatic heterocycles. The SMILES string of the molecule is O=C(O)[C@@H]1c2ccc(F)cc2CCN1c1ccc(Cl)cc1Cl. The van der Waals surface area contributed by atoms with Crippen LogP contribution in [-0.2, 0) is 11.2 Å². The minimum Gasteiger partial charge on any atom is -0.479 e. The van der Waals surface area contributed by atoms with Crippen molar-refractivity contribution in [1.29, 1.82) is 0 Å². The Bertz CT molecular complexity index is 751. The van der Waals surface area contributed by atoms with Crippen molar-refractivity contribution in [3.8, 4) is 0 Å². The number of hydrogen-bond acceptors (Lipinski definition) is 2. The number of nitrogens with zero attached hydrogens (tertiary/aromatic N) is 1. The maximum absolute atomic E-state index is 13.4. The summed E-state index contributed by atoms with van der Waals surface area (Å²) in [6, 6.07) is 8.25. The molecule has 3 rings (SSSR count). The molecule has 114 valence electrons. The van der Waals surface area contributed by atoms with E-state index in [4.69, 9.17) is 23.2 Å². The van der Waals surface area contributed by atoms with Crippen molar-refractivity contribution in [3.63, 3.8) is 0 Å². The summed E-state index contributed by atoms with van der Waals surface area (Å²) in [5.41, 5.74) is 1.91. The maximum Gasteiger partial charge on any atom is 0.331 e. The van der Waals surface area contributed by atoms with Crippen molar-refractivity contribution in [2.45, 2.75) is 12.5 Å². The van der Waals surface area contributed by atoms with Crippen LogP contribution in [0.2, 0.25) is 10.0 Å². The number of halogens is 3. The molecule has 0 saturated heterocycles. The van der Waals surface area contributed by atoms with Crippen LogP contribution in [0.25, 0.3) is 0 Å². The summed E-state index contributed by atoms with van der Waals surface area (Å²) < 4.78 is 13.4. The second-order valence-electron chi connectivity index (χ2n) is 5.12. The zero-order valence-electron chi connectivity index (χ0n) is 11.4. The molecule has 1 N–H and O–H groups in total. The average Bonchev–Trinajstić information content (AvgIpc) is 2.46. The topological polar surface area (TPSA) is 40.5 Å². The van der Waals surface area contributed by atoms with Crippen LogP contribution >= 0.6 is 23.2 Å². The van der Waals surface area contributed by atoms with E-state index in [2.05, 4.69) is 0 Å². The highest BCUT2D eigenvalue weighted by Crippen LogP contribution is 2.38. The van der Waals surface area contributed by atoms with E-state index in [0.717, 1.165) is 0 Å². The average molecular weight is 340 g/mol. The highest BCUT2D eigenvalue weighted by molar-refractivity contribution is 6.36. The van der Waals surface area contributed by atoms with Crippen LogP contribution in [0.3, 0.4) is 0 Å². The molecule has 2 aromatic rings. The Kier molecular flexibility index (Phi) is 3.98. The summed E-state index contributed by atoms with van der Waals surface area (Å²) in [7, 11) is 0. The Labute approximate surface area is 136 Å². The van der Waals surface area contributed by atoms with Crippen molar-refractivity contribution >= 4 is 34.9 Å². The maximum atomic E-state index is 13.4. The first-order valence-corrected chi connectivity index (χ1v) is 7.46. The smallest absolute Gasteiger partial charge is 0.331 e. The number of carbonyl (C=O) groups is 1. The van der Waals surface area contributed by atoms with E-state index in [0.29, 0.717) is 39.8 Å². The summed E-state index contributed by atoms with van der Waals surface area (Å²) >= 11 is 12.1. The minimum absolute atomic E-state index is 0.360. The first-order valence-electron chi connectivity index (χ1n) is 6.70. The third kappa shape index (κ3) is 2.64. The van der Waals surface area contributed by atoms with Crippen LogP contribution in [0.5, 0.6) is 0 Å². The number of carboxylic acids is 1. The first kappa shape index (κ1) is 15.1. The van der Waals surface area contributed by atoms with E-state index in [1.54, 1.807) is 23.1 Å². The normalized spacial score (nSPS) is 17.2. The van der Waals surface area contributed by atoms with E-state index >= 15 is 0 Å². The van der Waals surface area contributed by atoms with Gasteiger partial charge in [0.05, 0.1) is 10.7 Å². The molecule has 0 fully saturated rings. The van der Waals surface area contributed by atoms with Crippen LogP contribution in [0.15, 0.2) is 36.4 Å². The molecule has 22 heavy (non-hydrogen) atoms. The minimum atomic E-state index is -1.00. The number of rotatable bonds is 2. The Morgan fingerprint density at radius 1 is 1.23 bits per heavy atom. The van der Waals surface area contributed by atoms with Gasteiger partial charge in [-0.05, 0) is 47.9 Å². The lowest BCUT2D eigenvalue weighted by atomic mass is 9.92. The molecule has 0 spiro atoms. The molecule has 0 bridgehead atoms. The molecule has 0 amide bonds. The molecule has 1 aliphatic heterocycles. The van der Waals surface area contributed by atoms with Gasteiger partial charge >= 0.3 is 5.97 Å². The Morgan fingerprint density at radius 2 is 2.00 bits per heavy atom. The summed E-state index contributed by atoms with van der Waals surface area (Å²) in [4.78, 5) is 13.5. The van der Waals surface area contributed by atoms with E-state index in [-0.39, 0.29) is 5.82 Å². The Balaban J connectivity index is 2.09. The van der Waals surface area contributed by atoms with Gasteiger partial charge in [0.1, 0.15) is 5.82 Å². The standard InChI is InChI=1S/C16H12Cl2FNO2/c17-10-1-4-14(13(18)8-10)20-6-5-9-7-11(19)2-3-12(9)15(20)16(21)22/h1-4,7-8,15H,5-6H2,(H,21,22)/t15-/m0/s1. The van der Waals surface area contributed by atoms with Gasteiger partial charge in [-0.15, -0.1) is 0 Å². The third-order valence-corrected chi connectivity index (χ3v) is 4.32. The highest BCUT2D eigenvalue weighted by Gasteiger charge is 2.34. The second kappa shape index (κ2) is 5.78. The molecule has 3 nitrogen and oxygen atoms in total. The molecule has 1 atom stereocenters. The predicted molar refractivity (Wildman–Crippen MR) is 84.3 cm³/mol. The molecule has 0 unspecified atom stereocenters. The van der Waals surface area contributed by atoms with Gasteiger partial charge in [0.25, 0.3) is 0 Å². The van der Waals surface area contributed by atoms with E-state index in [1.165, 1.54) is 18.2 Å². The number of hydrogen-bond donors (Lipinski definition) is 1. The van der Waals surface area contributed by atoms with Gasteiger partial charge in [0, 0.05) is 11.6 Å². The zero-order valence-corrected chi connectivity index (χ0v) is 12.9. The molecule has 6 heteroatoms. The van der Waals surface area contributed by atoms with Gasteiger partial charge in [0.2, 0.25) is 0 Å². The molecule has 2 aromatic carbocycles. The fraction of sp³-hybridized carbons (Fsp3) is 0.188. The highest BCUT2D eigenvalue weighted by atomic mass is 35.5. The van der Waals surface area contributed by atoms with Gasteiger partial charge in [0.15, 0.2) is 6.04 Å². The van der Waals surface area contributed by atoms with Crippen molar-refractivity contribution in [2.75, 3.05) is 11.4 Å². The molecule has 1 aliphatic rings. The molecule has 0 radical (unpaired) electrons. The van der Waals surface area contributed by atoms with E-state index in [9.17, 15) is 14.3 Å². The van der Waals surface area contributed by atoms with Crippen molar-refractivity contribution < 1.29 is 14.3 Å². The lowest BCUT2D eigenvalue weighted by Crippen LogP contribution is -2.40. The molecule has 0 aliphatic carbocycles. The van der Waals surface area contributed by atoms with Crippen molar-refractivity contribution in [1.82, 2.24) is 0 Å². The first-order chi connectivity index (χ1) is 10.5. The zero-order chi connectivity index (χ0) is 15.9. The lowest BCUT2D eigenvalue weighted by molar-refractivity contribution is -0.138. The quantitative estimate of drug-likeness (QED) is 0.885. The number of benzene rings is 2. The van der Waals surface area contributed by atoms with Crippen LogP contribution in [0.4, 0.5) is 10.1 Å². The van der Waals surface area contributed by atoms with Gasteiger partial charge in [-0.1, -0.05) is 29.3 Å². The third-order valence-electron chi connectivity index (χ3n) is 3.79. The van der Waals surface area contributed by atoms with E-state index in [1.807, 2.05) is 0 Å². The fourth-order valence-electron chi connectivity index (χ4n) is 2.84. The lowest BCUT2D eigenvalue weighted by Gasteiger charge is -2.37. The van der Waals surface area contributed by atoms with Crippen LogP contribution < -0.4 is 4.90 Å². The second-order valence-corrected chi connectivity index (χ2v) is 5.97. The van der Waals surface area contributed by atoms with Gasteiger partial charge < -0.3 is 10.0 Å². The molecular formula is C16H12Cl2FNO2. The number of aliphatic carboxylic acids is 1. The summed E-state index contributed by atoms with van der Waals surface area (Å²) in [5.74, 6) is -1.36. The molecule has 0 saturated carbocycles. The Morgan fingerprint density at radius 3 is 2.68 bits per heavy atom. The monoisotopic (exact) mass is 339 g/mol. The summed E-state index contributed by atoms with van der Waals surface area (Å²) in [6.07, 6.45) is 0.551. The van der Waals surface area contributed by atoms with Crippen LogP contribution in [0, 0.1) is 5.82 Å². The summed E-state index contributed by atoms with van der Waals surface area (Å²) in [5, 5.41) is 10.5. The van der Waals surface area contributed by atoms with Gasteiger partial charge in [-0.25, -0.2) is 9.18 Å². The predicted octanol–water partition coefficient (Wildman–Crippen LogP) is 4.32. The van der Waals surface area contributed by atoms with Gasteiger partial charge in [-0.3, -0.25) is 0 Å². The van der Waals surface area contributed by atoms with E-state index < -0.39 is 12.0 Å². The largest absolute Gasteiger partial charge is 0.479 e. The number of anilines is 1. The van der Waals surface area contributed by atoms with Gasteiger partial charge in [-0.2, -0.15) is 0 Å². The van der Waals surface area contributed by atoms with Crippen LogP contribution in [0.1, 0.15) is 17.2 Å². The molecular weight excluding hydrogens is 328 g/mol. The van der Waals surface area contributed by atoms with Crippen molar-refractivity contribution in [2.24, 2.45) is 0 Å². The molecule has 1 heterocycles. The number of carboxylic acid groups (broad SMARTS) is 1. The number of fused-ring (bicyclic) bond motifs is 1. The fourth-order valence-corrected chi connectivity index (χ4v) is 3.35. The van der Waals surface area contributed by atoms with Crippen LogP contribution in [-0.4, -0.2) is 17.6 Å². The summed E-state index contributed by atoms with van der Waals surface area (Å²) in [6.45, 7) is 0.439. The Hall–Kier alpha value is -1.78.